The lowest BCUT2D eigenvalue weighted by molar-refractivity contribution is -0.138. The van der Waals surface area contributed by atoms with Crippen LogP contribution in [0.3, 0.4) is 0 Å². The zero-order valence-electron chi connectivity index (χ0n) is 12.1. The van der Waals surface area contributed by atoms with Crippen LogP contribution in [-0.2, 0) is 4.79 Å². The number of carboxylic acid groups (broad SMARTS) is 1. The van der Waals surface area contributed by atoms with Gasteiger partial charge in [-0.15, -0.1) is 0 Å². The molecular weight excluding hydrogens is 262 g/mol. The molecule has 1 aromatic heterocycles. The van der Waals surface area contributed by atoms with Crippen LogP contribution in [0.2, 0.25) is 0 Å². The summed E-state index contributed by atoms with van der Waals surface area (Å²) in [5.74, 6) is -1.69. The van der Waals surface area contributed by atoms with Crippen LogP contribution >= 0.6 is 0 Å². The van der Waals surface area contributed by atoms with Crippen molar-refractivity contribution in [1.82, 2.24) is 15.1 Å². The molecule has 1 amide bonds. The van der Waals surface area contributed by atoms with Crippen LogP contribution < -0.4 is 5.56 Å². The van der Waals surface area contributed by atoms with Gasteiger partial charge in [0.25, 0.3) is 11.5 Å². The molecule has 0 aromatic carbocycles. The van der Waals surface area contributed by atoms with Gasteiger partial charge in [-0.1, -0.05) is 6.92 Å². The van der Waals surface area contributed by atoms with E-state index in [1.54, 1.807) is 20.8 Å². The molecule has 2 N–H and O–H groups in total. The molecule has 0 bridgehead atoms. The minimum Gasteiger partial charge on any atom is -0.480 e. The molecule has 110 valence electrons. The predicted octanol–water partition coefficient (Wildman–Crippen LogP) is 0.712. The molecule has 0 aliphatic rings. The number of rotatable bonds is 5. The number of carbonyl (C=O) groups is 2. The number of nitrogens with zero attached hydrogens (tertiary/aromatic N) is 2. The van der Waals surface area contributed by atoms with E-state index in [4.69, 9.17) is 5.11 Å². The minimum absolute atomic E-state index is 0.0425. The first-order chi connectivity index (χ1) is 9.29. The van der Waals surface area contributed by atoms with Crippen molar-refractivity contribution in [1.29, 1.82) is 0 Å². The molecule has 1 unspecified atom stereocenters. The van der Waals surface area contributed by atoms with Crippen molar-refractivity contribution < 1.29 is 14.7 Å². The number of amides is 1. The number of aromatic nitrogens is 2. The number of hydrogen-bond acceptors (Lipinski definition) is 4. The monoisotopic (exact) mass is 281 g/mol. The highest BCUT2D eigenvalue weighted by atomic mass is 16.4. The van der Waals surface area contributed by atoms with Gasteiger partial charge in [-0.3, -0.25) is 14.4 Å². The molecular formula is C13H19N3O4. The minimum atomic E-state index is -1.11. The maximum Gasteiger partial charge on any atom is 0.323 e. The Bertz CT molecular complexity index is 579. The van der Waals surface area contributed by atoms with Crippen molar-refractivity contribution in [3.63, 3.8) is 0 Å². The van der Waals surface area contributed by atoms with Gasteiger partial charge in [-0.05, 0) is 32.8 Å². The summed E-state index contributed by atoms with van der Waals surface area (Å²) in [5.41, 5.74) is 0.362. The summed E-state index contributed by atoms with van der Waals surface area (Å²) in [5, 5.41) is 15.0. The summed E-state index contributed by atoms with van der Waals surface area (Å²) in [7, 11) is 0. The van der Waals surface area contributed by atoms with E-state index < -0.39 is 24.0 Å². The molecule has 0 saturated carbocycles. The zero-order chi connectivity index (χ0) is 15.4. The lowest BCUT2D eigenvalue weighted by Crippen LogP contribution is -2.44. The van der Waals surface area contributed by atoms with Gasteiger partial charge < -0.3 is 10.0 Å². The van der Waals surface area contributed by atoms with Crippen LogP contribution in [0.1, 0.15) is 41.9 Å². The number of hydrogen-bond donors (Lipinski definition) is 2. The Morgan fingerprint density at radius 3 is 2.50 bits per heavy atom. The number of aryl methyl sites for hydroxylation is 1. The fourth-order valence-electron chi connectivity index (χ4n) is 1.82. The first-order valence-electron chi connectivity index (χ1n) is 6.38. The van der Waals surface area contributed by atoms with Crippen LogP contribution in [0.15, 0.2) is 4.79 Å². The fourth-order valence-corrected chi connectivity index (χ4v) is 1.82. The lowest BCUT2D eigenvalue weighted by atomic mass is 10.1. The second-order valence-electron chi connectivity index (χ2n) is 4.72. The van der Waals surface area contributed by atoms with Crippen molar-refractivity contribution in [2.75, 3.05) is 6.54 Å². The summed E-state index contributed by atoms with van der Waals surface area (Å²) in [6.07, 6.45) is 0.597. The molecule has 1 aromatic rings. The second kappa shape index (κ2) is 6.31. The first-order valence-corrected chi connectivity index (χ1v) is 6.38. The molecule has 0 aliphatic carbocycles. The van der Waals surface area contributed by atoms with Crippen LogP contribution in [0.5, 0.6) is 0 Å². The molecule has 20 heavy (non-hydrogen) atoms. The number of carbonyl (C=O) groups excluding carboxylic acids is 1. The molecule has 0 fully saturated rings. The molecule has 0 spiro atoms. The van der Waals surface area contributed by atoms with E-state index in [0.717, 1.165) is 0 Å². The van der Waals surface area contributed by atoms with Crippen molar-refractivity contribution in [3.8, 4) is 0 Å². The molecule has 7 nitrogen and oxygen atoms in total. The zero-order valence-corrected chi connectivity index (χ0v) is 12.1. The van der Waals surface area contributed by atoms with E-state index in [9.17, 15) is 14.4 Å². The van der Waals surface area contributed by atoms with Crippen molar-refractivity contribution in [2.24, 2.45) is 0 Å². The highest BCUT2D eigenvalue weighted by Gasteiger charge is 2.27. The second-order valence-corrected chi connectivity index (χ2v) is 4.72. The quantitative estimate of drug-likeness (QED) is 0.827. The van der Waals surface area contributed by atoms with Gasteiger partial charge in [0.15, 0.2) is 0 Å². The summed E-state index contributed by atoms with van der Waals surface area (Å²) >= 11 is 0. The SMILES string of the molecule is CCC(C)N(CC(=O)O)C(=O)c1c(C)c(C)n[nH]c1=O. The Morgan fingerprint density at radius 1 is 1.40 bits per heavy atom. The number of nitrogens with one attached hydrogen (secondary N) is 1. The summed E-state index contributed by atoms with van der Waals surface area (Å²) in [6.45, 7) is 6.46. The molecule has 1 heterocycles. The van der Waals surface area contributed by atoms with Crippen LogP contribution in [0.4, 0.5) is 0 Å². The Balaban J connectivity index is 3.29. The Labute approximate surface area is 116 Å². The summed E-state index contributed by atoms with van der Waals surface area (Å²) in [6, 6.07) is -0.272. The van der Waals surface area contributed by atoms with E-state index in [2.05, 4.69) is 10.2 Å². The number of carboxylic acids is 1. The van der Waals surface area contributed by atoms with Gasteiger partial charge in [0.05, 0.1) is 5.69 Å². The molecule has 0 radical (unpaired) electrons. The van der Waals surface area contributed by atoms with Crippen molar-refractivity contribution >= 4 is 11.9 Å². The van der Waals surface area contributed by atoms with Crippen LogP contribution in [-0.4, -0.2) is 44.7 Å². The third-order valence-electron chi connectivity index (χ3n) is 3.37. The van der Waals surface area contributed by atoms with E-state index in [-0.39, 0.29) is 11.6 Å². The topological polar surface area (TPSA) is 103 Å². The summed E-state index contributed by atoms with van der Waals surface area (Å²) < 4.78 is 0. The maximum atomic E-state index is 12.5. The Morgan fingerprint density at radius 2 is 2.00 bits per heavy atom. The lowest BCUT2D eigenvalue weighted by Gasteiger charge is -2.27. The van der Waals surface area contributed by atoms with E-state index in [0.29, 0.717) is 17.7 Å². The highest BCUT2D eigenvalue weighted by molar-refractivity contribution is 5.97. The Kier molecular flexibility index (Phi) is 5.01. The van der Waals surface area contributed by atoms with Crippen LogP contribution in [0.25, 0.3) is 0 Å². The number of aliphatic carboxylic acids is 1. The van der Waals surface area contributed by atoms with Gasteiger partial charge >= 0.3 is 5.97 Å². The van der Waals surface area contributed by atoms with Gasteiger partial charge in [0.2, 0.25) is 0 Å². The Hall–Kier alpha value is -2.18. The average molecular weight is 281 g/mol. The summed E-state index contributed by atoms with van der Waals surface area (Å²) in [4.78, 5) is 36.4. The van der Waals surface area contributed by atoms with Crippen molar-refractivity contribution in [2.45, 2.75) is 40.2 Å². The third kappa shape index (κ3) is 3.23. The maximum absolute atomic E-state index is 12.5. The number of H-pyrrole nitrogens is 1. The van der Waals surface area contributed by atoms with E-state index >= 15 is 0 Å². The molecule has 7 heteroatoms. The van der Waals surface area contributed by atoms with Crippen LogP contribution in [0, 0.1) is 13.8 Å². The third-order valence-corrected chi connectivity index (χ3v) is 3.37. The fraction of sp³-hybridized carbons (Fsp3) is 0.538. The highest BCUT2D eigenvalue weighted by Crippen LogP contribution is 2.12. The van der Waals surface area contributed by atoms with E-state index in [1.807, 2.05) is 6.92 Å². The first kappa shape index (κ1) is 15.9. The molecule has 0 saturated heterocycles. The van der Waals surface area contributed by atoms with E-state index in [1.165, 1.54) is 4.90 Å². The van der Waals surface area contributed by atoms with Crippen molar-refractivity contribution in [3.05, 3.63) is 27.2 Å². The van der Waals surface area contributed by atoms with Gasteiger partial charge in [0, 0.05) is 6.04 Å². The normalized spacial score (nSPS) is 12.0. The average Bonchev–Trinajstić information content (AvgIpc) is 2.39. The molecule has 0 aliphatic heterocycles. The predicted molar refractivity (Wildman–Crippen MR) is 72.8 cm³/mol. The van der Waals surface area contributed by atoms with Gasteiger partial charge in [-0.25, -0.2) is 5.10 Å². The molecule has 1 rings (SSSR count). The molecule has 1 atom stereocenters. The largest absolute Gasteiger partial charge is 0.480 e. The van der Waals surface area contributed by atoms with Gasteiger partial charge in [-0.2, -0.15) is 5.10 Å². The van der Waals surface area contributed by atoms with Gasteiger partial charge in [0.1, 0.15) is 12.1 Å². The smallest absolute Gasteiger partial charge is 0.323 e. The number of aromatic amines is 1. The standard InChI is InChI=1S/C13H19N3O4/c1-5-7(2)16(6-10(17)18)13(20)11-8(3)9(4)14-15-12(11)19/h7H,5-6H2,1-4H3,(H,15,19)(H,17,18).